The summed E-state index contributed by atoms with van der Waals surface area (Å²) in [5.74, 6) is 0.993. The predicted molar refractivity (Wildman–Crippen MR) is 63.7 cm³/mol. The minimum absolute atomic E-state index is 0.902. The van der Waals surface area contributed by atoms with Crippen LogP contribution in [0.1, 0.15) is 5.82 Å². The zero-order valence-corrected chi connectivity index (χ0v) is 10.1. The van der Waals surface area contributed by atoms with Crippen molar-refractivity contribution < 1.29 is 0 Å². The van der Waals surface area contributed by atoms with Gasteiger partial charge < -0.3 is 15.3 Å². The molecule has 5 heteroatoms. The Balaban J connectivity index is 2.22. The van der Waals surface area contributed by atoms with E-state index in [-0.39, 0.29) is 0 Å². The van der Waals surface area contributed by atoms with Crippen LogP contribution in [0.3, 0.4) is 0 Å². The largest absolute Gasteiger partial charge is 0.367 e. The monoisotopic (exact) mass is 268 g/mol. The number of halogens is 1. The molecule has 2 aromatic heterocycles. The Labute approximate surface area is 96.6 Å². The third kappa shape index (κ3) is 2.30. The van der Waals surface area contributed by atoms with E-state index >= 15 is 0 Å². The van der Waals surface area contributed by atoms with E-state index in [2.05, 4.69) is 36.2 Å². The van der Waals surface area contributed by atoms with Crippen LogP contribution in [0.2, 0.25) is 0 Å². The maximum absolute atomic E-state index is 4.53. The third-order valence-electron chi connectivity index (χ3n) is 2.19. The van der Waals surface area contributed by atoms with Crippen molar-refractivity contribution >= 4 is 15.9 Å². The Bertz CT molecular complexity index is 419. The summed E-state index contributed by atoms with van der Waals surface area (Å²) < 4.78 is 0.938. The van der Waals surface area contributed by atoms with E-state index in [0.717, 1.165) is 34.7 Å². The van der Waals surface area contributed by atoms with Gasteiger partial charge in [0.1, 0.15) is 16.1 Å². The van der Waals surface area contributed by atoms with Gasteiger partial charge in [-0.15, -0.1) is 0 Å². The fourth-order valence-electron chi connectivity index (χ4n) is 1.42. The van der Waals surface area contributed by atoms with Crippen molar-refractivity contribution in [2.24, 2.45) is 0 Å². The average molecular weight is 269 g/mol. The van der Waals surface area contributed by atoms with Crippen molar-refractivity contribution in [2.45, 2.75) is 6.42 Å². The zero-order valence-electron chi connectivity index (χ0n) is 8.47. The van der Waals surface area contributed by atoms with Gasteiger partial charge in [0.2, 0.25) is 0 Å². The van der Waals surface area contributed by atoms with Gasteiger partial charge in [-0.05, 0) is 29.0 Å². The molecule has 2 aromatic rings. The van der Waals surface area contributed by atoms with Crippen LogP contribution in [0.15, 0.2) is 23.1 Å². The maximum Gasteiger partial charge on any atom is 0.110 e. The number of rotatable bonds is 4. The first-order chi connectivity index (χ1) is 7.31. The number of imidazole rings is 1. The highest BCUT2D eigenvalue weighted by Crippen LogP contribution is 2.25. The van der Waals surface area contributed by atoms with Crippen LogP contribution in [0.25, 0.3) is 11.3 Å². The molecule has 0 atom stereocenters. The van der Waals surface area contributed by atoms with Gasteiger partial charge in [0.15, 0.2) is 0 Å². The second-order valence-corrected chi connectivity index (χ2v) is 4.09. The fraction of sp³-hybridized carbons (Fsp3) is 0.300. The number of aromatic amines is 2. The van der Waals surface area contributed by atoms with Crippen LogP contribution in [0.5, 0.6) is 0 Å². The van der Waals surface area contributed by atoms with Crippen LogP contribution in [-0.4, -0.2) is 28.5 Å². The number of likely N-dealkylation sites (N-methyl/N-ethyl adjacent to an activating group) is 1. The van der Waals surface area contributed by atoms with E-state index in [0.29, 0.717) is 0 Å². The lowest BCUT2D eigenvalue weighted by molar-refractivity contribution is 0.764. The molecule has 0 saturated carbocycles. The summed E-state index contributed by atoms with van der Waals surface area (Å²) in [5, 5.41) is 3.10. The SMILES string of the molecule is CNCCc1nc(-c2cc[nH]c2)c(Br)[nH]1. The fourth-order valence-corrected chi connectivity index (χ4v) is 1.97. The van der Waals surface area contributed by atoms with Gasteiger partial charge in [0.25, 0.3) is 0 Å². The zero-order chi connectivity index (χ0) is 10.7. The summed E-state index contributed by atoms with van der Waals surface area (Å²) in [7, 11) is 1.94. The molecule has 0 aliphatic rings. The Morgan fingerprint density at radius 3 is 3.07 bits per heavy atom. The molecule has 4 nitrogen and oxygen atoms in total. The molecular weight excluding hydrogens is 256 g/mol. The summed E-state index contributed by atoms with van der Waals surface area (Å²) in [6.07, 6.45) is 4.73. The van der Waals surface area contributed by atoms with Crippen LogP contribution >= 0.6 is 15.9 Å². The topological polar surface area (TPSA) is 56.5 Å². The van der Waals surface area contributed by atoms with Crippen molar-refractivity contribution in [2.75, 3.05) is 13.6 Å². The molecule has 2 heterocycles. The number of aromatic nitrogens is 3. The lowest BCUT2D eigenvalue weighted by Crippen LogP contribution is -2.11. The van der Waals surface area contributed by atoms with E-state index in [1.165, 1.54) is 0 Å². The summed E-state index contributed by atoms with van der Waals surface area (Å²) >= 11 is 3.48. The van der Waals surface area contributed by atoms with Gasteiger partial charge in [0.05, 0.1) is 0 Å². The normalized spacial score (nSPS) is 10.8. The summed E-state index contributed by atoms with van der Waals surface area (Å²) in [6.45, 7) is 0.923. The highest BCUT2D eigenvalue weighted by Gasteiger charge is 2.09. The summed E-state index contributed by atoms with van der Waals surface area (Å²) in [4.78, 5) is 10.8. The number of nitrogens with one attached hydrogen (secondary N) is 3. The molecule has 15 heavy (non-hydrogen) atoms. The van der Waals surface area contributed by atoms with Crippen LogP contribution in [0.4, 0.5) is 0 Å². The molecule has 0 aliphatic carbocycles. The van der Waals surface area contributed by atoms with Gasteiger partial charge in [-0.3, -0.25) is 0 Å². The Kier molecular flexibility index (Phi) is 3.23. The van der Waals surface area contributed by atoms with Gasteiger partial charge in [-0.1, -0.05) is 0 Å². The standard InChI is InChI=1S/C10H13BrN4/c1-12-4-3-8-14-9(10(11)15-8)7-2-5-13-6-7/h2,5-6,12-13H,3-4H2,1H3,(H,14,15). The lowest BCUT2D eigenvalue weighted by atomic mass is 10.3. The molecule has 0 aliphatic heterocycles. The molecule has 0 saturated heterocycles. The molecule has 0 aromatic carbocycles. The van der Waals surface area contributed by atoms with Gasteiger partial charge in [0, 0.05) is 30.9 Å². The van der Waals surface area contributed by atoms with E-state index < -0.39 is 0 Å². The molecule has 3 N–H and O–H groups in total. The molecule has 0 radical (unpaired) electrons. The Hall–Kier alpha value is -1.07. The molecule has 2 rings (SSSR count). The number of H-pyrrole nitrogens is 2. The van der Waals surface area contributed by atoms with E-state index in [1.807, 2.05) is 25.5 Å². The smallest absolute Gasteiger partial charge is 0.110 e. The number of hydrogen-bond donors (Lipinski definition) is 3. The van der Waals surface area contributed by atoms with Crippen molar-refractivity contribution in [1.82, 2.24) is 20.3 Å². The second-order valence-electron chi connectivity index (χ2n) is 3.30. The minimum atomic E-state index is 0.902. The molecule has 0 fully saturated rings. The Morgan fingerprint density at radius 1 is 1.53 bits per heavy atom. The quantitative estimate of drug-likeness (QED) is 0.794. The van der Waals surface area contributed by atoms with Crippen LogP contribution < -0.4 is 5.32 Å². The van der Waals surface area contributed by atoms with E-state index in [1.54, 1.807) is 0 Å². The molecular formula is C10H13BrN4. The molecule has 80 valence electrons. The van der Waals surface area contributed by atoms with Crippen LogP contribution in [0, 0.1) is 0 Å². The summed E-state index contributed by atoms with van der Waals surface area (Å²) in [5.41, 5.74) is 2.05. The first-order valence-corrected chi connectivity index (χ1v) is 5.62. The molecule has 0 spiro atoms. The maximum atomic E-state index is 4.53. The molecule has 0 amide bonds. The highest BCUT2D eigenvalue weighted by atomic mass is 79.9. The van der Waals surface area contributed by atoms with Gasteiger partial charge >= 0.3 is 0 Å². The highest BCUT2D eigenvalue weighted by molar-refractivity contribution is 9.10. The predicted octanol–water partition coefficient (Wildman–Crippen LogP) is 1.93. The first-order valence-electron chi connectivity index (χ1n) is 4.83. The van der Waals surface area contributed by atoms with Crippen LogP contribution in [-0.2, 0) is 6.42 Å². The van der Waals surface area contributed by atoms with Crippen molar-refractivity contribution in [3.05, 3.63) is 28.9 Å². The van der Waals surface area contributed by atoms with Crippen molar-refractivity contribution in [1.29, 1.82) is 0 Å². The van der Waals surface area contributed by atoms with Gasteiger partial charge in [-0.2, -0.15) is 0 Å². The van der Waals surface area contributed by atoms with Gasteiger partial charge in [-0.25, -0.2) is 4.98 Å². The van der Waals surface area contributed by atoms with Crippen molar-refractivity contribution in [3.8, 4) is 11.3 Å². The van der Waals surface area contributed by atoms with E-state index in [9.17, 15) is 0 Å². The van der Waals surface area contributed by atoms with Crippen molar-refractivity contribution in [3.63, 3.8) is 0 Å². The summed E-state index contributed by atoms with van der Waals surface area (Å²) in [6, 6.07) is 2.00. The van der Waals surface area contributed by atoms with E-state index in [4.69, 9.17) is 0 Å². The number of hydrogen-bond acceptors (Lipinski definition) is 2. The second kappa shape index (κ2) is 4.63. The minimum Gasteiger partial charge on any atom is -0.367 e. The number of nitrogens with zero attached hydrogens (tertiary/aromatic N) is 1. The first kappa shape index (κ1) is 10.4. The molecule has 0 unspecified atom stereocenters. The third-order valence-corrected chi connectivity index (χ3v) is 2.77. The Morgan fingerprint density at radius 2 is 2.40 bits per heavy atom. The lowest BCUT2D eigenvalue weighted by Gasteiger charge is -1.93. The molecule has 0 bridgehead atoms. The average Bonchev–Trinajstić information content (AvgIpc) is 2.83.